The maximum absolute atomic E-state index is 14.8. The SMILES string of the molecule is Cc1csc(-c2ccc(-c3nsc([C@H](C)[C@](O)(Cn4cncn4)c4ccc(F)cc4F)n3)cc2)n1. The van der Waals surface area contributed by atoms with E-state index in [1.165, 1.54) is 23.4 Å². The van der Waals surface area contributed by atoms with Crippen LogP contribution in [0.15, 0.2) is 60.5 Å². The average molecular weight is 511 g/mol. The lowest BCUT2D eigenvalue weighted by Gasteiger charge is -2.33. The summed E-state index contributed by atoms with van der Waals surface area (Å²) in [6.07, 6.45) is 2.75. The Balaban J connectivity index is 1.47. The van der Waals surface area contributed by atoms with Crippen molar-refractivity contribution in [2.75, 3.05) is 0 Å². The third kappa shape index (κ3) is 4.62. The highest BCUT2D eigenvalue weighted by Crippen LogP contribution is 2.41. The van der Waals surface area contributed by atoms with Crippen molar-refractivity contribution < 1.29 is 13.9 Å². The van der Waals surface area contributed by atoms with Gasteiger partial charge in [-0.05, 0) is 24.5 Å². The summed E-state index contributed by atoms with van der Waals surface area (Å²) >= 11 is 2.71. The summed E-state index contributed by atoms with van der Waals surface area (Å²) < 4.78 is 34.3. The van der Waals surface area contributed by atoms with Gasteiger partial charge in [0.2, 0.25) is 0 Å². The van der Waals surface area contributed by atoms with E-state index in [-0.39, 0.29) is 12.1 Å². The lowest BCUT2D eigenvalue weighted by Crippen LogP contribution is -2.38. The Morgan fingerprint density at radius 1 is 1.09 bits per heavy atom. The van der Waals surface area contributed by atoms with Crippen molar-refractivity contribution in [1.82, 2.24) is 29.1 Å². The molecule has 0 aliphatic carbocycles. The van der Waals surface area contributed by atoms with Crippen LogP contribution in [-0.2, 0) is 12.1 Å². The van der Waals surface area contributed by atoms with Gasteiger partial charge in [-0.3, -0.25) is 0 Å². The normalized spacial score (nSPS) is 14.1. The van der Waals surface area contributed by atoms with Crippen LogP contribution < -0.4 is 0 Å². The van der Waals surface area contributed by atoms with Gasteiger partial charge < -0.3 is 5.11 Å². The molecule has 0 saturated heterocycles. The summed E-state index contributed by atoms with van der Waals surface area (Å²) in [6, 6.07) is 10.9. The second-order valence-electron chi connectivity index (χ2n) is 8.19. The molecular formula is C24H20F2N6OS2. The van der Waals surface area contributed by atoms with Crippen molar-refractivity contribution >= 4 is 22.9 Å². The van der Waals surface area contributed by atoms with Gasteiger partial charge in [-0.25, -0.2) is 28.4 Å². The number of hydrogen-bond acceptors (Lipinski definition) is 8. The number of aliphatic hydroxyl groups is 1. The predicted octanol–water partition coefficient (Wildman–Crippen LogP) is 5.20. The van der Waals surface area contributed by atoms with Gasteiger partial charge in [0.05, 0.1) is 6.54 Å². The van der Waals surface area contributed by atoms with Crippen LogP contribution in [0.3, 0.4) is 0 Å². The summed E-state index contributed by atoms with van der Waals surface area (Å²) in [5.74, 6) is -1.76. The molecule has 0 radical (unpaired) electrons. The molecule has 0 bridgehead atoms. The van der Waals surface area contributed by atoms with E-state index in [1.807, 2.05) is 36.6 Å². The van der Waals surface area contributed by atoms with Crippen LogP contribution in [0.5, 0.6) is 0 Å². The molecule has 0 unspecified atom stereocenters. The van der Waals surface area contributed by atoms with E-state index in [0.29, 0.717) is 10.8 Å². The van der Waals surface area contributed by atoms with E-state index in [0.717, 1.165) is 45.5 Å². The molecule has 0 aliphatic heterocycles. The molecule has 0 fully saturated rings. The molecule has 178 valence electrons. The maximum Gasteiger partial charge on any atom is 0.173 e. The highest BCUT2D eigenvalue weighted by Gasteiger charge is 2.41. The number of halogens is 2. The lowest BCUT2D eigenvalue weighted by atomic mass is 9.82. The highest BCUT2D eigenvalue weighted by atomic mass is 32.1. The van der Waals surface area contributed by atoms with Crippen molar-refractivity contribution in [3.05, 3.63) is 88.4 Å². The van der Waals surface area contributed by atoms with Gasteiger partial charge in [0.1, 0.15) is 39.9 Å². The first-order valence-corrected chi connectivity index (χ1v) is 12.4. The van der Waals surface area contributed by atoms with Gasteiger partial charge in [0.25, 0.3) is 0 Å². The van der Waals surface area contributed by atoms with Crippen molar-refractivity contribution in [2.24, 2.45) is 0 Å². The number of aryl methyl sites for hydroxylation is 1. The lowest BCUT2D eigenvalue weighted by molar-refractivity contribution is -0.0112. The summed E-state index contributed by atoms with van der Waals surface area (Å²) in [5.41, 5.74) is 0.954. The van der Waals surface area contributed by atoms with E-state index in [9.17, 15) is 13.9 Å². The Morgan fingerprint density at radius 2 is 1.86 bits per heavy atom. The molecule has 0 aliphatic rings. The zero-order chi connectivity index (χ0) is 24.6. The largest absolute Gasteiger partial charge is 0.382 e. The van der Waals surface area contributed by atoms with Crippen LogP contribution >= 0.6 is 22.9 Å². The van der Waals surface area contributed by atoms with Crippen LogP contribution in [0.4, 0.5) is 8.78 Å². The predicted molar refractivity (Wildman–Crippen MR) is 130 cm³/mol. The van der Waals surface area contributed by atoms with Crippen LogP contribution in [0.25, 0.3) is 22.0 Å². The highest BCUT2D eigenvalue weighted by molar-refractivity contribution is 7.13. The van der Waals surface area contributed by atoms with E-state index in [2.05, 4.69) is 24.4 Å². The minimum absolute atomic E-state index is 0.0539. The van der Waals surface area contributed by atoms with E-state index >= 15 is 0 Å². The van der Waals surface area contributed by atoms with Crippen molar-refractivity contribution in [1.29, 1.82) is 0 Å². The topological polar surface area (TPSA) is 89.6 Å². The minimum atomic E-state index is -1.78. The Labute approximate surface area is 208 Å². The third-order valence-electron chi connectivity index (χ3n) is 5.80. The molecule has 0 saturated carbocycles. The van der Waals surface area contributed by atoms with Crippen molar-refractivity contribution in [3.8, 4) is 22.0 Å². The molecule has 2 aromatic carbocycles. The Kier molecular flexibility index (Phi) is 6.22. The fourth-order valence-electron chi connectivity index (χ4n) is 3.84. The van der Waals surface area contributed by atoms with Crippen molar-refractivity contribution in [2.45, 2.75) is 31.9 Å². The first-order valence-electron chi connectivity index (χ1n) is 10.7. The standard InChI is InChI=1S/C24H20F2N6OS2/c1-14-10-34-23(29-14)17-5-3-16(4-6-17)21-30-22(35-31-21)15(2)24(33,11-32-13-27-12-28-32)19-8-7-18(25)9-20(19)26/h3-10,12-13,15,33H,11H2,1-2H3/t15-,24+/m0/s1. The minimum Gasteiger partial charge on any atom is -0.382 e. The molecule has 7 nitrogen and oxygen atoms in total. The quantitative estimate of drug-likeness (QED) is 0.324. The molecule has 3 heterocycles. The van der Waals surface area contributed by atoms with E-state index in [1.54, 1.807) is 18.3 Å². The third-order valence-corrected chi connectivity index (χ3v) is 7.71. The number of aromatic nitrogens is 6. The van der Waals surface area contributed by atoms with Crippen LogP contribution in [0.1, 0.15) is 29.1 Å². The van der Waals surface area contributed by atoms with Crippen LogP contribution in [-0.4, -0.2) is 34.2 Å². The van der Waals surface area contributed by atoms with Gasteiger partial charge in [0.15, 0.2) is 5.82 Å². The maximum atomic E-state index is 14.8. The van der Waals surface area contributed by atoms with Gasteiger partial charge in [-0.1, -0.05) is 37.3 Å². The first kappa shape index (κ1) is 23.3. The molecule has 2 atom stereocenters. The van der Waals surface area contributed by atoms with Gasteiger partial charge in [0, 0.05) is 39.7 Å². The molecule has 1 N–H and O–H groups in total. The summed E-state index contributed by atoms with van der Waals surface area (Å²) in [6.45, 7) is 3.59. The summed E-state index contributed by atoms with van der Waals surface area (Å²) in [5, 5.41) is 19.3. The van der Waals surface area contributed by atoms with Crippen LogP contribution in [0.2, 0.25) is 0 Å². The number of benzene rings is 2. The first-order chi connectivity index (χ1) is 16.8. The number of thiazole rings is 1. The van der Waals surface area contributed by atoms with Gasteiger partial charge in [-0.15, -0.1) is 11.3 Å². The monoisotopic (exact) mass is 510 g/mol. The number of nitrogens with zero attached hydrogens (tertiary/aromatic N) is 6. The van der Waals surface area contributed by atoms with E-state index < -0.39 is 23.2 Å². The number of hydrogen-bond donors (Lipinski definition) is 1. The molecule has 11 heteroatoms. The fraction of sp³-hybridized carbons (Fsp3) is 0.208. The summed E-state index contributed by atoms with van der Waals surface area (Å²) in [7, 11) is 0. The Bertz CT molecular complexity index is 1450. The van der Waals surface area contributed by atoms with Crippen LogP contribution in [0, 0.1) is 18.6 Å². The molecule has 5 aromatic rings. The van der Waals surface area contributed by atoms with Gasteiger partial charge >= 0.3 is 0 Å². The molecule has 0 amide bonds. The second kappa shape index (κ2) is 9.33. The summed E-state index contributed by atoms with van der Waals surface area (Å²) in [4.78, 5) is 13.1. The van der Waals surface area contributed by atoms with Gasteiger partial charge in [-0.2, -0.15) is 9.47 Å². The number of rotatable bonds is 7. The van der Waals surface area contributed by atoms with Crippen molar-refractivity contribution in [3.63, 3.8) is 0 Å². The van der Waals surface area contributed by atoms with E-state index in [4.69, 9.17) is 0 Å². The molecule has 35 heavy (non-hydrogen) atoms. The second-order valence-corrected chi connectivity index (χ2v) is 9.83. The zero-order valence-electron chi connectivity index (χ0n) is 18.8. The fourth-order valence-corrected chi connectivity index (χ4v) is 5.45. The molecule has 3 aromatic heterocycles. The Hall–Kier alpha value is -3.41. The smallest absolute Gasteiger partial charge is 0.173 e. The average Bonchev–Trinajstić information content (AvgIpc) is 3.61. The molecule has 0 spiro atoms. The molecular weight excluding hydrogens is 490 g/mol. The Morgan fingerprint density at radius 3 is 2.51 bits per heavy atom. The molecule has 5 rings (SSSR count). The zero-order valence-corrected chi connectivity index (χ0v) is 20.4.